The molecule has 2 aromatic heterocycles. The summed E-state index contributed by atoms with van der Waals surface area (Å²) < 4.78 is 20.3. The second-order valence-corrected chi connectivity index (χ2v) is 6.91. The van der Waals surface area contributed by atoms with Gasteiger partial charge in [-0.15, -0.1) is 0 Å². The molecule has 0 saturated carbocycles. The Bertz CT molecular complexity index is 939. The Balaban J connectivity index is 1.89. The van der Waals surface area contributed by atoms with Gasteiger partial charge in [0.2, 0.25) is 5.78 Å². The molecule has 0 fully saturated rings. The zero-order valence-corrected chi connectivity index (χ0v) is 16.4. The lowest BCUT2D eigenvalue weighted by molar-refractivity contribution is -0.692. The first kappa shape index (κ1) is 19.7. The van der Waals surface area contributed by atoms with E-state index in [0.717, 1.165) is 5.69 Å². The van der Waals surface area contributed by atoms with Gasteiger partial charge in [0.1, 0.15) is 11.6 Å². The Morgan fingerprint density at radius 2 is 1.86 bits per heavy atom. The first-order valence-corrected chi connectivity index (χ1v) is 9.14. The van der Waals surface area contributed by atoms with Gasteiger partial charge in [-0.1, -0.05) is 12.2 Å². The number of aromatic nitrogens is 1. The fourth-order valence-corrected chi connectivity index (χ4v) is 3.05. The maximum absolute atomic E-state index is 13.3. The van der Waals surface area contributed by atoms with E-state index in [9.17, 15) is 9.18 Å². The van der Waals surface area contributed by atoms with E-state index >= 15 is 0 Å². The molecule has 7 heteroatoms. The number of ketones is 1. The molecule has 0 amide bonds. The van der Waals surface area contributed by atoms with Gasteiger partial charge in [0.25, 0.3) is 6.04 Å². The molecule has 0 aliphatic rings. The number of Topliss-reactive ketones (excluding diaryl/α,β-unsaturated/α-hetero) is 1. The fourth-order valence-electron chi connectivity index (χ4n) is 2.75. The summed E-state index contributed by atoms with van der Waals surface area (Å²) in [6.45, 7) is 0.370. The molecule has 28 heavy (non-hydrogen) atoms. The average molecular weight is 398 g/mol. The topological polar surface area (TPSA) is 49.4 Å². The number of nitrogens with one attached hydrogen (secondary N) is 1. The Kier molecular flexibility index (Phi) is 6.16. The second-order valence-electron chi connectivity index (χ2n) is 6.47. The SMILES string of the molecule is CN(C)c1cc[n+]([C@@H](C(=O)c2ccc(F)cc2)C(=S)NCc2ccco2)cc1. The molecule has 0 spiro atoms. The number of hydrogen-bond donors (Lipinski definition) is 1. The molecule has 0 aliphatic carbocycles. The van der Waals surface area contributed by atoms with Gasteiger partial charge in [-0.25, -0.2) is 4.39 Å². The lowest BCUT2D eigenvalue weighted by Gasteiger charge is -2.16. The van der Waals surface area contributed by atoms with Crippen molar-refractivity contribution in [1.29, 1.82) is 0 Å². The zero-order chi connectivity index (χ0) is 20.1. The number of pyridine rings is 1. The van der Waals surface area contributed by atoms with E-state index in [2.05, 4.69) is 5.32 Å². The number of anilines is 1. The summed E-state index contributed by atoms with van der Waals surface area (Å²) in [4.78, 5) is 15.5. The van der Waals surface area contributed by atoms with E-state index in [1.165, 1.54) is 24.3 Å². The highest BCUT2D eigenvalue weighted by molar-refractivity contribution is 7.80. The lowest BCUT2D eigenvalue weighted by atomic mass is 10.0. The predicted molar refractivity (Wildman–Crippen MR) is 109 cm³/mol. The van der Waals surface area contributed by atoms with Gasteiger partial charge >= 0.3 is 0 Å². The number of halogens is 1. The second kappa shape index (κ2) is 8.75. The summed E-state index contributed by atoms with van der Waals surface area (Å²) in [5, 5.41) is 3.09. The van der Waals surface area contributed by atoms with Crippen LogP contribution in [0.5, 0.6) is 0 Å². The normalized spacial score (nSPS) is 11.7. The molecule has 0 aliphatic heterocycles. The third kappa shape index (κ3) is 4.61. The molecular weight excluding hydrogens is 377 g/mol. The summed E-state index contributed by atoms with van der Waals surface area (Å²) >= 11 is 5.54. The van der Waals surface area contributed by atoms with Crippen LogP contribution in [0.15, 0.2) is 71.6 Å². The Hall–Kier alpha value is -3.06. The third-order valence-electron chi connectivity index (χ3n) is 4.29. The molecule has 0 radical (unpaired) electrons. The van der Waals surface area contributed by atoms with Gasteiger partial charge in [0, 0.05) is 37.5 Å². The van der Waals surface area contributed by atoms with Gasteiger partial charge < -0.3 is 14.6 Å². The summed E-state index contributed by atoms with van der Waals surface area (Å²) in [6, 6.07) is 12.1. The Morgan fingerprint density at radius 1 is 1.18 bits per heavy atom. The van der Waals surface area contributed by atoms with Crippen molar-refractivity contribution < 1.29 is 18.2 Å². The molecule has 1 N–H and O–H groups in total. The van der Waals surface area contributed by atoms with Crippen molar-refractivity contribution in [2.75, 3.05) is 19.0 Å². The lowest BCUT2D eigenvalue weighted by Crippen LogP contribution is -2.51. The van der Waals surface area contributed by atoms with Crippen LogP contribution in [0.4, 0.5) is 10.1 Å². The van der Waals surface area contributed by atoms with E-state index in [4.69, 9.17) is 16.6 Å². The number of furan rings is 1. The van der Waals surface area contributed by atoms with Crippen molar-refractivity contribution in [3.8, 4) is 0 Å². The maximum Gasteiger partial charge on any atom is 0.270 e. The van der Waals surface area contributed by atoms with Crippen molar-refractivity contribution >= 4 is 28.7 Å². The van der Waals surface area contributed by atoms with E-state index in [-0.39, 0.29) is 5.78 Å². The molecule has 2 heterocycles. The zero-order valence-electron chi connectivity index (χ0n) is 15.6. The van der Waals surface area contributed by atoms with Crippen LogP contribution < -0.4 is 14.8 Å². The van der Waals surface area contributed by atoms with E-state index in [1.807, 2.05) is 49.6 Å². The highest BCUT2D eigenvalue weighted by Crippen LogP contribution is 2.14. The van der Waals surface area contributed by atoms with Gasteiger partial charge in [-0.3, -0.25) is 4.79 Å². The van der Waals surface area contributed by atoms with Gasteiger partial charge in [0.05, 0.1) is 12.8 Å². The summed E-state index contributed by atoms with van der Waals surface area (Å²) in [5.74, 6) is 0.0949. The highest BCUT2D eigenvalue weighted by Gasteiger charge is 2.33. The summed E-state index contributed by atoms with van der Waals surface area (Å²) in [6.07, 6.45) is 5.19. The minimum absolute atomic E-state index is 0.223. The first-order valence-electron chi connectivity index (χ1n) is 8.73. The molecule has 0 saturated heterocycles. The van der Waals surface area contributed by atoms with Crippen LogP contribution in [-0.4, -0.2) is 24.9 Å². The molecular formula is C21H21FN3O2S+. The van der Waals surface area contributed by atoms with E-state index < -0.39 is 11.9 Å². The van der Waals surface area contributed by atoms with Gasteiger partial charge in [0.15, 0.2) is 17.4 Å². The van der Waals surface area contributed by atoms with Gasteiger partial charge in [-0.05, 0) is 36.4 Å². The van der Waals surface area contributed by atoms with Crippen LogP contribution in [0.3, 0.4) is 0 Å². The van der Waals surface area contributed by atoms with Crippen molar-refractivity contribution in [1.82, 2.24) is 5.32 Å². The standard InChI is InChI=1S/C21H20FN3O2S/c1-24(2)17-9-11-25(12-10-17)19(20(26)15-5-7-16(22)8-6-15)21(28)23-14-18-4-3-13-27-18/h3-13,19H,14H2,1-2H3/p+1/t19-/m0/s1. The number of benzene rings is 1. The van der Waals surface area contributed by atoms with Crippen LogP contribution in [0, 0.1) is 5.82 Å². The number of hydrogen-bond acceptors (Lipinski definition) is 4. The molecule has 0 unspecified atom stereocenters. The fraction of sp³-hybridized carbons (Fsp3) is 0.190. The number of thiocarbonyl (C=S) groups is 1. The third-order valence-corrected chi connectivity index (χ3v) is 4.66. The molecule has 3 aromatic rings. The van der Waals surface area contributed by atoms with Crippen LogP contribution in [0.1, 0.15) is 22.2 Å². The smallest absolute Gasteiger partial charge is 0.270 e. The Morgan fingerprint density at radius 3 is 2.43 bits per heavy atom. The highest BCUT2D eigenvalue weighted by atomic mass is 32.1. The molecule has 1 aromatic carbocycles. The van der Waals surface area contributed by atoms with Crippen LogP contribution in [-0.2, 0) is 6.54 Å². The summed E-state index contributed by atoms with van der Waals surface area (Å²) in [7, 11) is 3.88. The molecule has 1 atom stereocenters. The number of carbonyl (C=O) groups excluding carboxylic acids is 1. The van der Waals surface area contributed by atoms with Crippen molar-refractivity contribution in [3.63, 3.8) is 0 Å². The quantitative estimate of drug-likeness (QED) is 0.376. The van der Waals surface area contributed by atoms with E-state index in [1.54, 1.807) is 16.9 Å². The first-order chi connectivity index (χ1) is 13.5. The number of nitrogens with zero attached hydrogens (tertiary/aromatic N) is 2. The van der Waals surface area contributed by atoms with Crippen LogP contribution >= 0.6 is 12.2 Å². The monoisotopic (exact) mass is 398 g/mol. The minimum Gasteiger partial charge on any atom is -0.467 e. The maximum atomic E-state index is 13.3. The average Bonchev–Trinajstić information content (AvgIpc) is 3.21. The van der Waals surface area contributed by atoms with Crippen molar-refractivity contribution in [2.45, 2.75) is 12.6 Å². The van der Waals surface area contributed by atoms with Crippen LogP contribution in [0.2, 0.25) is 0 Å². The summed E-state index contributed by atoms with van der Waals surface area (Å²) in [5.41, 5.74) is 1.39. The van der Waals surface area contributed by atoms with Crippen molar-refractivity contribution in [2.24, 2.45) is 0 Å². The molecule has 144 valence electrons. The molecule has 5 nitrogen and oxygen atoms in total. The minimum atomic E-state index is -0.758. The largest absolute Gasteiger partial charge is 0.467 e. The van der Waals surface area contributed by atoms with E-state index in [0.29, 0.717) is 22.9 Å². The Labute approximate surface area is 168 Å². The number of carbonyl (C=O) groups is 1. The van der Waals surface area contributed by atoms with Crippen LogP contribution in [0.25, 0.3) is 0 Å². The van der Waals surface area contributed by atoms with Gasteiger partial charge in [-0.2, -0.15) is 4.57 Å². The molecule has 0 bridgehead atoms. The molecule has 3 rings (SSSR count). The predicted octanol–water partition coefficient (Wildman–Crippen LogP) is 3.31. The number of rotatable bonds is 7. The van der Waals surface area contributed by atoms with Crippen molar-refractivity contribution in [3.05, 3.63) is 84.3 Å².